The van der Waals surface area contributed by atoms with E-state index in [1.165, 1.54) is 44.9 Å². The molecule has 2 unspecified atom stereocenters. The Balaban J connectivity index is 4.32. The quantitative estimate of drug-likeness (QED) is 0.0387. The number of aliphatic hydroxyl groups is 1. The van der Waals surface area contributed by atoms with Gasteiger partial charge in [-0.3, -0.25) is 14.4 Å². The van der Waals surface area contributed by atoms with Crippen LogP contribution in [0.2, 0.25) is 0 Å². The molecule has 0 spiro atoms. The Morgan fingerprint density at radius 3 is 1.93 bits per heavy atom. The van der Waals surface area contributed by atoms with E-state index < -0.39 is 24.5 Å². The maximum absolute atomic E-state index is 12.5. The highest BCUT2D eigenvalue weighted by Crippen LogP contribution is 2.15. The summed E-state index contributed by atoms with van der Waals surface area (Å²) in [5.74, 6) is -2.41. The number of amides is 2. The summed E-state index contributed by atoms with van der Waals surface area (Å²) in [5, 5.41) is 22.4. The van der Waals surface area contributed by atoms with Crippen LogP contribution in [-0.4, -0.2) is 59.3 Å². The van der Waals surface area contributed by atoms with Crippen molar-refractivity contribution in [3.05, 3.63) is 24.3 Å². The van der Waals surface area contributed by atoms with E-state index in [9.17, 15) is 19.2 Å². The standard InChI is InChI=1S/C35H62N2O7/c1-3-5-7-9-11-12-13-15-17-23-27-34(41)44-30(24-20-16-14-10-8-6-4-2)25-21-18-19-22-26-32(39)36-28-33(40)37-31(29-38)35(42)43/h7,9,20,24,30-31,38H,3-6,8,10-19,21-23,25-29H2,1-2H3,(H,36,39)(H,37,40)(H,42,43)/b9-7-,24-20-. The molecule has 2 amide bonds. The van der Waals surface area contributed by atoms with E-state index in [1.54, 1.807) is 0 Å². The fourth-order valence-corrected chi connectivity index (χ4v) is 4.68. The van der Waals surface area contributed by atoms with E-state index in [0.29, 0.717) is 12.8 Å². The van der Waals surface area contributed by atoms with E-state index in [-0.39, 0.29) is 30.9 Å². The first-order chi connectivity index (χ1) is 21.3. The minimum absolute atomic E-state index is 0.125. The number of hydrogen-bond donors (Lipinski definition) is 4. The lowest BCUT2D eigenvalue weighted by atomic mass is 10.1. The number of carbonyl (C=O) groups is 4. The van der Waals surface area contributed by atoms with Crippen molar-refractivity contribution < 1.29 is 34.1 Å². The maximum Gasteiger partial charge on any atom is 0.328 e. The molecule has 0 aromatic rings. The molecule has 0 bridgehead atoms. The van der Waals surface area contributed by atoms with Crippen molar-refractivity contribution in [1.29, 1.82) is 0 Å². The third-order valence-electron chi connectivity index (χ3n) is 7.39. The zero-order valence-electron chi connectivity index (χ0n) is 27.7. The number of esters is 1. The lowest BCUT2D eigenvalue weighted by molar-refractivity contribution is -0.147. The van der Waals surface area contributed by atoms with Crippen LogP contribution in [0.15, 0.2) is 24.3 Å². The number of unbranched alkanes of at least 4 members (excludes halogenated alkanes) is 14. The van der Waals surface area contributed by atoms with E-state index in [0.717, 1.165) is 70.6 Å². The number of ether oxygens (including phenoxy) is 1. The predicted octanol–water partition coefficient (Wildman–Crippen LogP) is 6.92. The zero-order valence-corrected chi connectivity index (χ0v) is 27.7. The monoisotopic (exact) mass is 622 g/mol. The highest BCUT2D eigenvalue weighted by Gasteiger charge is 2.18. The largest absolute Gasteiger partial charge is 0.480 e. The van der Waals surface area contributed by atoms with E-state index in [2.05, 4.69) is 42.7 Å². The second-order valence-electron chi connectivity index (χ2n) is 11.6. The minimum atomic E-state index is -1.39. The maximum atomic E-state index is 12.5. The van der Waals surface area contributed by atoms with Gasteiger partial charge in [0.1, 0.15) is 12.1 Å². The highest BCUT2D eigenvalue weighted by atomic mass is 16.5. The first-order valence-corrected chi connectivity index (χ1v) is 17.2. The molecule has 0 aliphatic heterocycles. The summed E-state index contributed by atoms with van der Waals surface area (Å²) in [6.45, 7) is 3.34. The van der Waals surface area contributed by atoms with Crippen molar-refractivity contribution in [1.82, 2.24) is 10.6 Å². The van der Waals surface area contributed by atoms with E-state index in [1.807, 2.05) is 6.08 Å². The van der Waals surface area contributed by atoms with Crippen LogP contribution < -0.4 is 10.6 Å². The van der Waals surface area contributed by atoms with Gasteiger partial charge in [0.2, 0.25) is 11.8 Å². The van der Waals surface area contributed by atoms with Gasteiger partial charge in [0.05, 0.1) is 13.2 Å². The van der Waals surface area contributed by atoms with Gasteiger partial charge in [-0.25, -0.2) is 4.79 Å². The molecule has 254 valence electrons. The van der Waals surface area contributed by atoms with Gasteiger partial charge < -0.3 is 25.6 Å². The van der Waals surface area contributed by atoms with Crippen molar-refractivity contribution in [2.45, 2.75) is 161 Å². The number of aliphatic carboxylic acids is 1. The molecule has 0 saturated carbocycles. The summed E-state index contributed by atoms with van der Waals surface area (Å²) in [6, 6.07) is -1.39. The topological polar surface area (TPSA) is 142 Å². The molecule has 0 aliphatic rings. The van der Waals surface area contributed by atoms with Crippen LogP contribution in [0.4, 0.5) is 0 Å². The Morgan fingerprint density at radius 1 is 0.682 bits per heavy atom. The first-order valence-electron chi connectivity index (χ1n) is 17.2. The molecule has 44 heavy (non-hydrogen) atoms. The van der Waals surface area contributed by atoms with Gasteiger partial charge in [-0.05, 0) is 63.9 Å². The third kappa shape index (κ3) is 26.9. The molecule has 0 rings (SSSR count). The van der Waals surface area contributed by atoms with E-state index in [4.69, 9.17) is 14.9 Å². The van der Waals surface area contributed by atoms with Crippen molar-refractivity contribution in [2.75, 3.05) is 13.2 Å². The van der Waals surface area contributed by atoms with Crippen molar-refractivity contribution >= 4 is 23.8 Å². The Kier molecular flexibility index (Phi) is 28.5. The fourth-order valence-electron chi connectivity index (χ4n) is 4.68. The van der Waals surface area contributed by atoms with Crippen molar-refractivity contribution in [3.63, 3.8) is 0 Å². The molecule has 4 N–H and O–H groups in total. The molecular formula is C35H62N2O7. The summed E-state index contributed by atoms with van der Waals surface area (Å²) < 4.78 is 5.84. The lowest BCUT2D eigenvalue weighted by Gasteiger charge is -2.15. The number of hydrogen-bond acceptors (Lipinski definition) is 6. The second-order valence-corrected chi connectivity index (χ2v) is 11.6. The van der Waals surface area contributed by atoms with Gasteiger partial charge >= 0.3 is 11.9 Å². The second kappa shape index (κ2) is 30.4. The molecule has 0 radical (unpaired) electrons. The van der Waals surface area contributed by atoms with Crippen LogP contribution in [0.25, 0.3) is 0 Å². The van der Waals surface area contributed by atoms with Crippen LogP contribution in [0.5, 0.6) is 0 Å². The zero-order chi connectivity index (χ0) is 32.7. The summed E-state index contributed by atoms with van der Waals surface area (Å²) in [7, 11) is 0. The Labute approximate surface area is 266 Å². The van der Waals surface area contributed by atoms with Gasteiger partial charge in [0, 0.05) is 12.8 Å². The average Bonchev–Trinajstić information content (AvgIpc) is 3.00. The summed E-state index contributed by atoms with van der Waals surface area (Å²) >= 11 is 0. The number of rotatable bonds is 30. The highest BCUT2D eigenvalue weighted by molar-refractivity contribution is 5.87. The number of aliphatic hydroxyl groups excluding tert-OH is 1. The molecule has 9 nitrogen and oxygen atoms in total. The molecule has 0 fully saturated rings. The Bertz CT molecular complexity index is 813. The molecule has 0 saturated heterocycles. The van der Waals surface area contributed by atoms with Crippen molar-refractivity contribution in [3.8, 4) is 0 Å². The van der Waals surface area contributed by atoms with Crippen molar-refractivity contribution in [2.24, 2.45) is 0 Å². The van der Waals surface area contributed by atoms with Crippen LogP contribution in [-0.2, 0) is 23.9 Å². The van der Waals surface area contributed by atoms with Crippen LogP contribution >= 0.6 is 0 Å². The van der Waals surface area contributed by atoms with Gasteiger partial charge in [-0.1, -0.05) is 96.3 Å². The number of allylic oxidation sites excluding steroid dienone is 3. The molecule has 0 aromatic carbocycles. The van der Waals surface area contributed by atoms with Crippen LogP contribution in [0.3, 0.4) is 0 Å². The third-order valence-corrected chi connectivity index (χ3v) is 7.39. The molecule has 9 heteroatoms. The number of nitrogens with one attached hydrogen (secondary N) is 2. The number of carboxylic acids is 1. The van der Waals surface area contributed by atoms with Gasteiger partial charge in [0.15, 0.2) is 0 Å². The van der Waals surface area contributed by atoms with Crippen LogP contribution in [0.1, 0.15) is 149 Å². The molecule has 2 atom stereocenters. The molecule has 0 heterocycles. The van der Waals surface area contributed by atoms with Gasteiger partial charge in [-0.15, -0.1) is 0 Å². The van der Waals surface area contributed by atoms with Gasteiger partial charge in [-0.2, -0.15) is 0 Å². The number of carbonyl (C=O) groups excluding carboxylic acids is 3. The lowest BCUT2D eigenvalue weighted by Crippen LogP contribution is -2.47. The smallest absolute Gasteiger partial charge is 0.328 e. The Morgan fingerprint density at radius 2 is 1.27 bits per heavy atom. The Hall–Kier alpha value is -2.68. The normalized spacial score (nSPS) is 12.8. The fraction of sp³-hybridized carbons (Fsp3) is 0.771. The first kappa shape index (κ1) is 41.3. The average molecular weight is 623 g/mol. The van der Waals surface area contributed by atoms with E-state index >= 15 is 0 Å². The molecular weight excluding hydrogens is 560 g/mol. The minimum Gasteiger partial charge on any atom is -0.480 e. The predicted molar refractivity (Wildman–Crippen MR) is 176 cm³/mol. The SMILES string of the molecule is CCC/C=C\CCCCCCCC(=O)OC(/C=C\CCCCCCC)CCCCCCC(=O)NCC(=O)NC(CO)C(=O)O. The molecule has 0 aliphatic carbocycles. The van der Waals surface area contributed by atoms with Crippen LogP contribution in [0, 0.1) is 0 Å². The number of carboxylic acid groups (broad SMARTS) is 1. The summed E-state index contributed by atoms with van der Waals surface area (Å²) in [5.41, 5.74) is 0. The molecule has 0 aromatic heterocycles. The van der Waals surface area contributed by atoms with Gasteiger partial charge in [0.25, 0.3) is 0 Å². The summed E-state index contributed by atoms with van der Waals surface area (Å²) in [4.78, 5) is 47.1. The summed E-state index contributed by atoms with van der Waals surface area (Å²) in [6.07, 6.45) is 29.4.